The van der Waals surface area contributed by atoms with Gasteiger partial charge in [-0.2, -0.15) is 0 Å². The van der Waals surface area contributed by atoms with Crippen molar-refractivity contribution in [3.63, 3.8) is 0 Å². The molecule has 9 heteroatoms. The first kappa shape index (κ1) is 15.6. The number of nitrogens with one attached hydrogen (secondary N) is 1. The molecule has 0 saturated heterocycles. The summed E-state index contributed by atoms with van der Waals surface area (Å²) in [5.41, 5.74) is 4.92. The van der Waals surface area contributed by atoms with Crippen LogP contribution in [0.15, 0.2) is 5.16 Å². The fraction of sp³-hybridized carbons (Fsp3) is 0.667. The summed E-state index contributed by atoms with van der Waals surface area (Å²) in [6, 6.07) is -0.871. The van der Waals surface area contributed by atoms with Crippen LogP contribution in [0.3, 0.4) is 0 Å². The van der Waals surface area contributed by atoms with Crippen LogP contribution < -0.4 is 16.9 Å². The monoisotopic (exact) mass is 312 g/mol. The van der Waals surface area contributed by atoms with Gasteiger partial charge in [-0.1, -0.05) is 31.0 Å². The highest BCUT2D eigenvalue weighted by atomic mass is 32.2. The van der Waals surface area contributed by atoms with Gasteiger partial charge in [0.25, 0.3) is 0 Å². The Morgan fingerprint density at radius 2 is 2.00 bits per heavy atom. The number of urea groups is 1. The second-order valence-corrected chi connectivity index (χ2v) is 6.47. The van der Waals surface area contributed by atoms with Crippen molar-refractivity contribution in [1.29, 1.82) is 0 Å². The maximum atomic E-state index is 11.6. The average Bonchev–Trinajstić information content (AvgIpc) is 2.80. The maximum Gasteiger partial charge on any atom is 0.318 e. The third-order valence-corrected chi connectivity index (χ3v) is 4.62. The molecule has 1 fully saturated rings. The zero-order valence-electron chi connectivity index (χ0n) is 11.9. The molecule has 1 aliphatic rings. The van der Waals surface area contributed by atoms with Gasteiger partial charge in [0.1, 0.15) is 0 Å². The molecule has 0 radical (unpaired) electrons. The predicted octanol–water partition coefficient (Wildman–Crippen LogP) is 0.715. The predicted molar refractivity (Wildman–Crippen MR) is 79.0 cm³/mol. The number of rotatable bonds is 4. The number of nitrogen functional groups attached to an aromatic ring is 1. The molecule has 0 bridgehead atoms. The molecule has 3 amide bonds. The van der Waals surface area contributed by atoms with Crippen molar-refractivity contribution in [3.05, 3.63) is 5.82 Å². The first-order valence-electron chi connectivity index (χ1n) is 6.96. The standard InChI is InChI=1S/C12H20N6O2S/c1-7(10(19)15-11(13)20)21-12-17-16-9(18(12)14)8-5-3-2-4-6-8/h7-8H,2-6,14H2,1H3,(H3,13,15,19,20)/t7-/m1/s1. The number of nitrogens with zero attached hydrogens (tertiary/aromatic N) is 3. The lowest BCUT2D eigenvalue weighted by Gasteiger charge is -2.20. The molecule has 2 rings (SSSR count). The fourth-order valence-corrected chi connectivity index (χ4v) is 3.22. The van der Waals surface area contributed by atoms with Crippen molar-refractivity contribution in [3.8, 4) is 0 Å². The Morgan fingerprint density at radius 1 is 1.33 bits per heavy atom. The third-order valence-electron chi connectivity index (χ3n) is 3.56. The lowest BCUT2D eigenvalue weighted by Crippen LogP contribution is -2.39. The third kappa shape index (κ3) is 3.87. The summed E-state index contributed by atoms with van der Waals surface area (Å²) >= 11 is 1.15. The molecule has 1 aromatic heterocycles. The van der Waals surface area contributed by atoms with Crippen LogP contribution in [0.25, 0.3) is 0 Å². The van der Waals surface area contributed by atoms with E-state index in [0.717, 1.165) is 30.4 Å². The van der Waals surface area contributed by atoms with Gasteiger partial charge in [0, 0.05) is 5.92 Å². The highest BCUT2D eigenvalue weighted by molar-refractivity contribution is 8.00. The number of carbonyl (C=O) groups excluding carboxylic acids is 2. The molecule has 0 aliphatic heterocycles. The lowest BCUT2D eigenvalue weighted by atomic mass is 9.89. The summed E-state index contributed by atoms with van der Waals surface area (Å²) in [7, 11) is 0. The van der Waals surface area contributed by atoms with E-state index in [2.05, 4.69) is 10.2 Å². The van der Waals surface area contributed by atoms with Crippen molar-refractivity contribution in [2.45, 2.75) is 55.4 Å². The van der Waals surface area contributed by atoms with Crippen molar-refractivity contribution >= 4 is 23.7 Å². The van der Waals surface area contributed by atoms with Gasteiger partial charge in [0.05, 0.1) is 5.25 Å². The van der Waals surface area contributed by atoms with E-state index in [9.17, 15) is 9.59 Å². The molecule has 1 aromatic rings. The van der Waals surface area contributed by atoms with Gasteiger partial charge in [-0.05, 0) is 19.8 Å². The van der Waals surface area contributed by atoms with Crippen LogP contribution in [0.1, 0.15) is 50.8 Å². The number of carbonyl (C=O) groups is 2. The van der Waals surface area contributed by atoms with Crippen molar-refractivity contribution < 1.29 is 9.59 Å². The summed E-state index contributed by atoms with van der Waals surface area (Å²) in [4.78, 5) is 22.3. The minimum atomic E-state index is -0.871. The largest absolute Gasteiger partial charge is 0.351 e. The van der Waals surface area contributed by atoms with Crippen LogP contribution in [-0.4, -0.2) is 32.1 Å². The van der Waals surface area contributed by atoms with E-state index >= 15 is 0 Å². The summed E-state index contributed by atoms with van der Waals surface area (Å²) in [6.07, 6.45) is 5.74. The molecule has 0 spiro atoms. The highest BCUT2D eigenvalue weighted by Crippen LogP contribution is 2.32. The maximum absolute atomic E-state index is 11.6. The number of hydrogen-bond acceptors (Lipinski definition) is 6. The topological polar surface area (TPSA) is 129 Å². The minimum Gasteiger partial charge on any atom is -0.351 e. The number of nitrogens with two attached hydrogens (primary N) is 2. The Kier molecular flexibility index (Phi) is 5.05. The van der Waals surface area contributed by atoms with Crippen molar-refractivity contribution in [1.82, 2.24) is 20.2 Å². The number of thioether (sulfide) groups is 1. The molecule has 116 valence electrons. The van der Waals surface area contributed by atoms with E-state index < -0.39 is 17.2 Å². The van der Waals surface area contributed by atoms with Crippen LogP contribution >= 0.6 is 11.8 Å². The molecule has 0 aromatic carbocycles. The molecule has 1 heterocycles. The Hall–Kier alpha value is -1.77. The molecule has 1 saturated carbocycles. The molecule has 1 aliphatic carbocycles. The average molecular weight is 312 g/mol. The fourth-order valence-electron chi connectivity index (χ4n) is 2.44. The zero-order chi connectivity index (χ0) is 15.4. The Bertz CT molecular complexity index is 526. The highest BCUT2D eigenvalue weighted by Gasteiger charge is 2.25. The molecule has 0 unspecified atom stereocenters. The van der Waals surface area contributed by atoms with Crippen LogP contribution in [0, 0.1) is 0 Å². The van der Waals surface area contributed by atoms with Crippen LogP contribution in [-0.2, 0) is 4.79 Å². The number of primary amides is 1. The van der Waals surface area contributed by atoms with Crippen molar-refractivity contribution in [2.24, 2.45) is 5.73 Å². The van der Waals surface area contributed by atoms with Gasteiger partial charge >= 0.3 is 6.03 Å². The molecule has 21 heavy (non-hydrogen) atoms. The molecule has 1 atom stereocenters. The first-order valence-corrected chi connectivity index (χ1v) is 7.84. The first-order chi connectivity index (χ1) is 9.99. The van der Waals surface area contributed by atoms with E-state index in [0.29, 0.717) is 11.1 Å². The summed E-state index contributed by atoms with van der Waals surface area (Å²) in [6.45, 7) is 1.65. The second-order valence-electron chi connectivity index (χ2n) is 5.16. The molecular formula is C12H20N6O2S. The second kappa shape index (κ2) is 6.79. The minimum absolute atomic E-state index is 0.334. The van der Waals surface area contributed by atoms with Gasteiger partial charge in [-0.15, -0.1) is 10.2 Å². The Morgan fingerprint density at radius 3 is 2.62 bits per heavy atom. The van der Waals surface area contributed by atoms with Crippen molar-refractivity contribution in [2.75, 3.05) is 5.84 Å². The van der Waals surface area contributed by atoms with E-state index in [1.165, 1.54) is 23.9 Å². The number of amides is 3. The quantitative estimate of drug-likeness (QED) is 0.555. The van der Waals surface area contributed by atoms with E-state index in [4.69, 9.17) is 11.6 Å². The number of aromatic nitrogens is 3. The Balaban J connectivity index is 2.02. The van der Waals surface area contributed by atoms with E-state index in [-0.39, 0.29) is 0 Å². The van der Waals surface area contributed by atoms with Gasteiger partial charge in [-0.3, -0.25) is 10.1 Å². The van der Waals surface area contributed by atoms with Gasteiger partial charge in [-0.25, -0.2) is 9.47 Å². The molecular weight excluding hydrogens is 292 g/mol. The summed E-state index contributed by atoms with van der Waals surface area (Å²) < 4.78 is 1.45. The number of hydrogen-bond donors (Lipinski definition) is 3. The molecule has 5 N–H and O–H groups in total. The van der Waals surface area contributed by atoms with Gasteiger partial charge in [0.2, 0.25) is 11.1 Å². The van der Waals surface area contributed by atoms with Crippen LogP contribution in [0.5, 0.6) is 0 Å². The molecule has 8 nitrogen and oxygen atoms in total. The Labute approximate surface area is 127 Å². The smallest absolute Gasteiger partial charge is 0.318 e. The SMILES string of the molecule is C[C@@H](Sc1nnc(C2CCCCC2)n1N)C(=O)NC(N)=O. The van der Waals surface area contributed by atoms with E-state index in [1.54, 1.807) is 6.92 Å². The normalized spacial score (nSPS) is 17.4. The van der Waals surface area contributed by atoms with Gasteiger partial charge < -0.3 is 11.6 Å². The lowest BCUT2D eigenvalue weighted by molar-refractivity contribution is -0.119. The van der Waals surface area contributed by atoms with Crippen LogP contribution in [0.2, 0.25) is 0 Å². The van der Waals surface area contributed by atoms with E-state index in [1.807, 2.05) is 5.32 Å². The summed E-state index contributed by atoms with van der Waals surface area (Å²) in [5.74, 6) is 6.65. The zero-order valence-corrected chi connectivity index (χ0v) is 12.7. The van der Waals surface area contributed by atoms with Gasteiger partial charge in [0.15, 0.2) is 5.82 Å². The van der Waals surface area contributed by atoms with Crippen LogP contribution in [0.4, 0.5) is 4.79 Å². The number of imide groups is 1. The summed E-state index contributed by atoms with van der Waals surface area (Å²) in [5, 5.41) is 10.2.